The zero-order valence-electron chi connectivity index (χ0n) is 11.5. The Bertz CT molecular complexity index is 516. The van der Waals surface area contributed by atoms with Gasteiger partial charge in [0, 0.05) is 39.3 Å². The van der Waals surface area contributed by atoms with E-state index in [2.05, 4.69) is 29.8 Å². The molecule has 0 aromatic heterocycles. The summed E-state index contributed by atoms with van der Waals surface area (Å²) in [6.45, 7) is 7.85. The average Bonchev–Trinajstić information content (AvgIpc) is 2.31. The van der Waals surface area contributed by atoms with Crippen molar-refractivity contribution in [2.75, 3.05) is 24.6 Å². The van der Waals surface area contributed by atoms with Gasteiger partial charge in [-0.3, -0.25) is 4.79 Å². The van der Waals surface area contributed by atoms with E-state index in [0.29, 0.717) is 11.3 Å². The van der Waals surface area contributed by atoms with Gasteiger partial charge in [0.05, 0.1) is 0 Å². The number of nitrogens with zero attached hydrogens (tertiary/aromatic N) is 1. The second-order valence-electron chi connectivity index (χ2n) is 5.50. The van der Waals surface area contributed by atoms with E-state index in [-0.39, 0.29) is 10.7 Å². The number of nitrogens with two attached hydrogens (primary N) is 1. The van der Waals surface area contributed by atoms with Crippen molar-refractivity contribution in [1.29, 1.82) is 0 Å². The molecule has 1 saturated heterocycles. The molecule has 1 amide bonds. The molecule has 1 aliphatic rings. The summed E-state index contributed by atoms with van der Waals surface area (Å²) in [4.78, 5) is 14.6. The lowest BCUT2D eigenvalue weighted by atomic mass is 10.0. The Morgan fingerprint density at radius 1 is 1.47 bits per heavy atom. The Hall–Kier alpha value is -0.680. The fraction of sp³-hybridized carbons (Fsp3) is 0.500. The zero-order valence-corrected chi connectivity index (χ0v) is 13.9. The van der Waals surface area contributed by atoms with E-state index in [1.807, 2.05) is 35.7 Å². The molecule has 5 heteroatoms. The van der Waals surface area contributed by atoms with Crippen LogP contribution in [0.3, 0.4) is 0 Å². The molecule has 0 saturated carbocycles. The number of carbonyl (C=O) groups excluding carboxylic acids is 1. The van der Waals surface area contributed by atoms with Crippen molar-refractivity contribution < 1.29 is 4.79 Å². The SMILES string of the molecule is Cc1c(N)cc(Br)cc1C(=O)N1CCSC(C)(C)C1. The highest BCUT2D eigenvalue weighted by Gasteiger charge is 2.30. The van der Waals surface area contributed by atoms with E-state index in [1.54, 1.807) is 0 Å². The smallest absolute Gasteiger partial charge is 0.254 e. The Morgan fingerprint density at radius 2 is 2.16 bits per heavy atom. The number of anilines is 1. The lowest BCUT2D eigenvalue weighted by Crippen LogP contribution is -2.46. The van der Waals surface area contributed by atoms with Crippen LogP contribution in [0.4, 0.5) is 5.69 Å². The second-order valence-corrected chi connectivity index (χ2v) is 8.22. The van der Waals surface area contributed by atoms with Gasteiger partial charge in [0.15, 0.2) is 0 Å². The number of halogens is 1. The van der Waals surface area contributed by atoms with E-state index in [9.17, 15) is 4.79 Å². The molecule has 2 rings (SSSR count). The van der Waals surface area contributed by atoms with Crippen molar-refractivity contribution in [3.63, 3.8) is 0 Å². The van der Waals surface area contributed by atoms with Crippen LogP contribution in [0.1, 0.15) is 29.8 Å². The maximum absolute atomic E-state index is 12.7. The number of carbonyl (C=O) groups is 1. The maximum Gasteiger partial charge on any atom is 0.254 e. The van der Waals surface area contributed by atoms with E-state index >= 15 is 0 Å². The van der Waals surface area contributed by atoms with Crippen LogP contribution in [-0.4, -0.2) is 34.4 Å². The van der Waals surface area contributed by atoms with Gasteiger partial charge in [0.2, 0.25) is 0 Å². The van der Waals surface area contributed by atoms with Gasteiger partial charge in [-0.2, -0.15) is 11.8 Å². The van der Waals surface area contributed by atoms with E-state index < -0.39 is 0 Å². The lowest BCUT2D eigenvalue weighted by molar-refractivity contribution is 0.0747. The lowest BCUT2D eigenvalue weighted by Gasteiger charge is -2.37. The summed E-state index contributed by atoms with van der Waals surface area (Å²) in [6.07, 6.45) is 0. The van der Waals surface area contributed by atoms with Crippen LogP contribution in [0.15, 0.2) is 16.6 Å². The number of hydrogen-bond donors (Lipinski definition) is 1. The molecule has 1 aromatic carbocycles. The monoisotopic (exact) mass is 342 g/mol. The Labute approximate surface area is 127 Å². The molecule has 104 valence electrons. The summed E-state index contributed by atoms with van der Waals surface area (Å²) < 4.78 is 0.976. The predicted molar refractivity (Wildman–Crippen MR) is 85.7 cm³/mol. The second kappa shape index (κ2) is 5.37. The number of rotatable bonds is 1. The molecule has 2 N–H and O–H groups in total. The van der Waals surface area contributed by atoms with Gasteiger partial charge in [-0.25, -0.2) is 0 Å². The molecule has 1 aromatic rings. The highest BCUT2D eigenvalue weighted by Crippen LogP contribution is 2.31. The van der Waals surface area contributed by atoms with Crippen molar-refractivity contribution in [2.45, 2.75) is 25.5 Å². The molecule has 19 heavy (non-hydrogen) atoms. The van der Waals surface area contributed by atoms with Crippen LogP contribution < -0.4 is 5.73 Å². The molecule has 3 nitrogen and oxygen atoms in total. The van der Waals surface area contributed by atoms with Gasteiger partial charge in [0.1, 0.15) is 0 Å². The first-order chi connectivity index (χ1) is 8.80. The van der Waals surface area contributed by atoms with Crippen LogP contribution in [0.25, 0.3) is 0 Å². The third kappa shape index (κ3) is 3.26. The number of thioether (sulfide) groups is 1. The van der Waals surface area contributed by atoms with Crippen molar-refractivity contribution in [3.05, 3.63) is 27.7 Å². The van der Waals surface area contributed by atoms with Gasteiger partial charge in [-0.15, -0.1) is 0 Å². The number of nitrogen functional groups attached to an aromatic ring is 1. The van der Waals surface area contributed by atoms with Crippen molar-refractivity contribution >= 4 is 39.3 Å². The summed E-state index contributed by atoms with van der Waals surface area (Å²) >= 11 is 5.33. The minimum atomic E-state index is 0.0823. The first kappa shape index (κ1) is 14.7. The molecule has 1 heterocycles. The van der Waals surface area contributed by atoms with Crippen LogP contribution in [0, 0.1) is 6.92 Å². The maximum atomic E-state index is 12.7. The number of amides is 1. The normalized spacial score (nSPS) is 18.4. The number of benzene rings is 1. The topological polar surface area (TPSA) is 46.3 Å². The third-order valence-corrected chi connectivity index (χ3v) is 5.11. The van der Waals surface area contributed by atoms with Gasteiger partial charge in [-0.05, 0) is 38.5 Å². The summed E-state index contributed by atoms with van der Waals surface area (Å²) in [6, 6.07) is 3.70. The predicted octanol–water partition coefficient (Wildman–Crippen LogP) is 3.31. The minimum absolute atomic E-state index is 0.0823. The Balaban J connectivity index is 2.29. The van der Waals surface area contributed by atoms with E-state index in [1.165, 1.54) is 0 Å². The summed E-state index contributed by atoms with van der Waals surface area (Å²) in [5.74, 6) is 1.07. The minimum Gasteiger partial charge on any atom is -0.398 e. The van der Waals surface area contributed by atoms with Crippen molar-refractivity contribution in [2.24, 2.45) is 0 Å². The van der Waals surface area contributed by atoms with E-state index in [0.717, 1.165) is 28.9 Å². The Kier molecular flexibility index (Phi) is 4.16. The van der Waals surface area contributed by atoms with Gasteiger partial charge in [-0.1, -0.05) is 15.9 Å². The van der Waals surface area contributed by atoms with Gasteiger partial charge in [0.25, 0.3) is 5.91 Å². The molecule has 0 atom stereocenters. The largest absolute Gasteiger partial charge is 0.398 e. The first-order valence-corrected chi connectivity index (χ1v) is 8.07. The standard InChI is InChI=1S/C14H19BrN2OS/c1-9-11(6-10(15)7-12(9)16)13(18)17-4-5-19-14(2,3)8-17/h6-7H,4-5,8,16H2,1-3H3. The summed E-state index contributed by atoms with van der Waals surface area (Å²) in [5.41, 5.74) is 8.16. The zero-order chi connectivity index (χ0) is 14.2. The molecule has 0 bridgehead atoms. The van der Waals surface area contributed by atoms with Gasteiger partial charge < -0.3 is 10.6 Å². The molecule has 0 spiro atoms. The molecular weight excluding hydrogens is 324 g/mol. The highest BCUT2D eigenvalue weighted by molar-refractivity contribution is 9.10. The molecule has 0 unspecified atom stereocenters. The fourth-order valence-corrected chi connectivity index (χ4v) is 3.87. The molecule has 0 aliphatic carbocycles. The number of hydrogen-bond acceptors (Lipinski definition) is 3. The van der Waals surface area contributed by atoms with Crippen LogP contribution in [-0.2, 0) is 0 Å². The third-order valence-electron chi connectivity index (χ3n) is 3.36. The van der Waals surface area contributed by atoms with E-state index in [4.69, 9.17) is 5.73 Å². The van der Waals surface area contributed by atoms with Crippen LogP contribution >= 0.6 is 27.7 Å². The molecule has 1 fully saturated rings. The fourth-order valence-electron chi connectivity index (χ4n) is 2.28. The molecular formula is C14H19BrN2OS. The Morgan fingerprint density at radius 3 is 2.79 bits per heavy atom. The van der Waals surface area contributed by atoms with Crippen LogP contribution in [0.2, 0.25) is 0 Å². The summed E-state index contributed by atoms with van der Waals surface area (Å²) in [7, 11) is 0. The molecule has 1 aliphatic heterocycles. The highest BCUT2D eigenvalue weighted by atomic mass is 79.9. The molecule has 0 radical (unpaired) electrons. The first-order valence-electron chi connectivity index (χ1n) is 6.29. The van der Waals surface area contributed by atoms with Crippen molar-refractivity contribution in [1.82, 2.24) is 4.90 Å². The summed E-state index contributed by atoms with van der Waals surface area (Å²) in [5, 5.41) is 0. The average molecular weight is 343 g/mol. The van der Waals surface area contributed by atoms with Crippen molar-refractivity contribution in [3.8, 4) is 0 Å². The van der Waals surface area contributed by atoms with Gasteiger partial charge >= 0.3 is 0 Å². The quantitative estimate of drug-likeness (QED) is 0.796. The van der Waals surface area contributed by atoms with Crippen LogP contribution in [0.5, 0.6) is 0 Å².